The van der Waals surface area contributed by atoms with Gasteiger partial charge in [0.1, 0.15) is 0 Å². The van der Waals surface area contributed by atoms with Crippen LogP contribution >= 0.6 is 0 Å². The number of allylic oxidation sites excluding steroid dienone is 5. The third-order valence-electron chi connectivity index (χ3n) is 9.40. The Bertz CT molecular complexity index is 771. The van der Waals surface area contributed by atoms with Gasteiger partial charge in [0, 0.05) is 11.0 Å². The first kappa shape index (κ1) is 21.1. The minimum Gasteiger partial charge on any atom is -0.393 e. The normalized spacial score (nSPS) is 41.7. The molecule has 2 fully saturated rings. The Kier molecular flexibility index (Phi) is 5.47. The summed E-state index contributed by atoms with van der Waals surface area (Å²) >= 11 is 0. The predicted molar refractivity (Wildman–Crippen MR) is 119 cm³/mol. The maximum Gasteiger partial charge on any atom is 0.182 e. The molecule has 0 aromatic carbocycles. The summed E-state index contributed by atoms with van der Waals surface area (Å²) in [6.07, 6.45) is 14.9. The maximum atomic E-state index is 13.3. The summed E-state index contributed by atoms with van der Waals surface area (Å²) in [5.41, 5.74) is 4.08. The number of carbonyl (C=O) groups excluding carboxylic acids is 1. The first-order valence-electron chi connectivity index (χ1n) is 12.1. The van der Waals surface area contributed by atoms with Crippen molar-refractivity contribution in [3.8, 4) is 0 Å². The van der Waals surface area contributed by atoms with Gasteiger partial charge in [-0.3, -0.25) is 4.79 Å². The molecule has 0 aromatic rings. The number of carbonyl (C=O) groups is 1. The van der Waals surface area contributed by atoms with Crippen molar-refractivity contribution in [3.63, 3.8) is 0 Å². The smallest absolute Gasteiger partial charge is 0.182 e. The fraction of sp³-hybridized carbons (Fsp3) is 0.741. The lowest BCUT2D eigenvalue weighted by Crippen LogP contribution is -2.44. The van der Waals surface area contributed by atoms with Gasteiger partial charge in [-0.2, -0.15) is 0 Å². The van der Waals surface area contributed by atoms with E-state index in [-0.39, 0.29) is 22.7 Å². The summed E-state index contributed by atoms with van der Waals surface area (Å²) in [7, 11) is 0. The van der Waals surface area contributed by atoms with Crippen molar-refractivity contribution >= 4 is 5.78 Å². The van der Waals surface area contributed by atoms with E-state index in [0.717, 1.165) is 25.7 Å². The molecule has 0 saturated heterocycles. The lowest BCUT2D eigenvalue weighted by atomic mass is 9.53. The predicted octanol–water partition coefficient (Wildman–Crippen LogP) is 6.41. The molecule has 29 heavy (non-hydrogen) atoms. The van der Waals surface area contributed by atoms with Crippen molar-refractivity contribution in [1.29, 1.82) is 0 Å². The van der Waals surface area contributed by atoms with Crippen molar-refractivity contribution in [2.75, 3.05) is 0 Å². The molecule has 4 aliphatic rings. The SMILES string of the molecule is CCC(C)C=CC(C)C1CCC2C3=C(CCC21C)C1(C)CCC(O)CC1=CC3=O. The maximum absolute atomic E-state index is 13.3. The quantitative estimate of drug-likeness (QED) is 0.558. The van der Waals surface area contributed by atoms with E-state index in [0.29, 0.717) is 30.1 Å². The average molecular weight is 397 g/mol. The van der Waals surface area contributed by atoms with Crippen LogP contribution in [0.1, 0.15) is 86.0 Å². The molecule has 0 bridgehead atoms. The lowest BCUT2D eigenvalue weighted by molar-refractivity contribution is -0.113. The van der Waals surface area contributed by atoms with Gasteiger partial charge in [0.15, 0.2) is 5.78 Å². The summed E-state index contributed by atoms with van der Waals surface area (Å²) in [6, 6.07) is 0. The highest BCUT2D eigenvalue weighted by atomic mass is 16.3. The van der Waals surface area contributed by atoms with E-state index in [2.05, 4.69) is 46.8 Å². The average Bonchev–Trinajstić information content (AvgIpc) is 3.04. The second-order valence-corrected chi connectivity index (χ2v) is 11.0. The van der Waals surface area contributed by atoms with Gasteiger partial charge in [0.05, 0.1) is 6.10 Å². The Morgan fingerprint density at radius 1 is 1.17 bits per heavy atom. The molecule has 7 atom stereocenters. The summed E-state index contributed by atoms with van der Waals surface area (Å²) < 4.78 is 0. The third-order valence-corrected chi connectivity index (χ3v) is 9.40. The number of aliphatic hydroxyl groups is 1. The summed E-state index contributed by atoms with van der Waals surface area (Å²) in [6.45, 7) is 11.8. The summed E-state index contributed by atoms with van der Waals surface area (Å²) in [5, 5.41) is 10.2. The molecule has 0 aromatic heterocycles. The Balaban J connectivity index is 1.64. The third kappa shape index (κ3) is 3.30. The molecule has 2 heteroatoms. The fourth-order valence-electron chi connectivity index (χ4n) is 7.23. The molecule has 0 amide bonds. The van der Waals surface area contributed by atoms with E-state index >= 15 is 0 Å². The highest BCUT2D eigenvalue weighted by Crippen LogP contribution is 2.64. The van der Waals surface area contributed by atoms with Crippen LogP contribution in [0.2, 0.25) is 0 Å². The number of fused-ring (bicyclic) bond motifs is 4. The molecule has 0 heterocycles. The van der Waals surface area contributed by atoms with E-state index in [9.17, 15) is 9.90 Å². The molecule has 4 aliphatic carbocycles. The van der Waals surface area contributed by atoms with Crippen LogP contribution < -0.4 is 0 Å². The number of rotatable bonds is 4. The summed E-state index contributed by atoms with van der Waals surface area (Å²) in [5.74, 6) is 2.58. The number of aliphatic hydroxyl groups excluding tert-OH is 1. The molecule has 1 N–H and O–H groups in total. The van der Waals surface area contributed by atoms with Gasteiger partial charge >= 0.3 is 0 Å². The highest BCUT2D eigenvalue weighted by molar-refractivity contribution is 6.07. The summed E-state index contributed by atoms with van der Waals surface area (Å²) in [4.78, 5) is 13.3. The van der Waals surface area contributed by atoms with Crippen LogP contribution in [-0.4, -0.2) is 17.0 Å². The van der Waals surface area contributed by atoms with E-state index in [1.54, 1.807) is 0 Å². The molecule has 7 unspecified atom stereocenters. The molecule has 160 valence electrons. The lowest BCUT2D eigenvalue weighted by Gasteiger charge is -2.51. The minimum absolute atomic E-state index is 0.0178. The van der Waals surface area contributed by atoms with Crippen molar-refractivity contribution in [2.45, 2.75) is 92.1 Å². The largest absolute Gasteiger partial charge is 0.393 e. The second kappa shape index (κ2) is 7.52. The van der Waals surface area contributed by atoms with Crippen molar-refractivity contribution in [2.24, 2.45) is 34.5 Å². The number of hydrogen-bond donors (Lipinski definition) is 1. The van der Waals surface area contributed by atoms with Gasteiger partial charge in [-0.1, -0.05) is 64.3 Å². The molecule has 2 saturated carbocycles. The van der Waals surface area contributed by atoms with Crippen LogP contribution in [0.3, 0.4) is 0 Å². The van der Waals surface area contributed by atoms with E-state index in [1.807, 2.05) is 6.08 Å². The molecule has 0 spiro atoms. The van der Waals surface area contributed by atoms with E-state index in [4.69, 9.17) is 0 Å². The fourth-order valence-corrected chi connectivity index (χ4v) is 7.23. The van der Waals surface area contributed by atoms with Crippen LogP contribution in [-0.2, 0) is 4.79 Å². The monoisotopic (exact) mass is 396 g/mol. The zero-order valence-corrected chi connectivity index (χ0v) is 19.1. The van der Waals surface area contributed by atoms with Crippen molar-refractivity contribution < 1.29 is 9.90 Å². The van der Waals surface area contributed by atoms with Crippen LogP contribution in [0.15, 0.2) is 34.9 Å². The van der Waals surface area contributed by atoms with Gasteiger partial charge < -0.3 is 5.11 Å². The van der Waals surface area contributed by atoms with Crippen LogP contribution in [0.5, 0.6) is 0 Å². The van der Waals surface area contributed by atoms with Crippen molar-refractivity contribution in [1.82, 2.24) is 0 Å². The molecule has 0 radical (unpaired) electrons. The van der Waals surface area contributed by atoms with Gasteiger partial charge in [-0.05, 0) is 80.1 Å². The first-order chi connectivity index (χ1) is 13.7. The second-order valence-electron chi connectivity index (χ2n) is 11.0. The Morgan fingerprint density at radius 3 is 2.66 bits per heavy atom. The van der Waals surface area contributed by atoms with Crippen LogP contribution in [0, 0.1) is 34.5 Å². The molecule has 4 rings (SSSR count). The number of hydrogen-bond acceptors (Lipinski definition) is 2. The minimum atomic E-state index is -0.271. The zero-order valence-electron chi connectivity index (χ0n) is 19.1. The van der Waals surface area contributed by atoms with Crippen molar-refractivity contribution in [3.05, 3.63) is 34.9 Å². The Morgan fingerprint density at radius 2 is 1.93 bits per heavy atom. The number of ketones is 1. The van der Waals surface area contributed by atoms with Gasteiger partial charge in [0.2, 0.25) is 0 Å². The molecular formula is C27H40O2. The van der Waals surface area contributed by atoms with Crippen LogP contribution in [0.25, 0.3) is 0 Å². The topological polar surface area (TPSA) is 37.3 Å². The molecule has 2 nitrogen and oxygen atoms in total. The van der Waals surface area contributed by atoms with Gasteiger partial charge in [0.25, 0.3) is 0 Å². The Labute approximate surface area is 177 Å². The molecule has 0 aliphatic heterocycles. The zero-order chi connectivity index (χ0) is 21.0. The van der Waals surface area contributed by atoms with Gasteiger partial charge in [-0.25, -0.2) is 0 Å². The first-order valence-corrected chi connectivity index (χ1v) is 12.1. The highest BCUT2D eigenvalue weighted by Gasteiger charge is 2.56. The Hall–Kier alpha value is -1.15. The van der Waals surface area contributed by atoms with E-state index in [1.165, 1.54) is 36.0 Å². The van der Waals surface area contributed by atoms with Crippen LogP contribution in [0.4, 0.5) is 0 Å². The van der Waals surface area contributed by atoms with E-state index < -0.39 is 0 Å². The van der Waals surface area contributed by atoms with Gasteiger partial charge in [-0.15, -0.1) is 0 Å². The molecular weight excluding hydrogens is 356 g/mol. The standard InChI is InChI=1S/C27H40O2/c1-6-17(2)7-8-18(3)21-9-10-22-25-23(12-14-27(21,22)5)26(4)13-11-20(28)15-19(26)16-24(25)29/h7-8,16-18,20-22,28H,6,9-15H2,1-5H3.